The molecule has 0 aliphatic heterocycles. The molecule has 0 aliphatic rings. The molecule has 0 amide bonds. The van der Waals surface area contributed by atoms with E-state index in [-0.39, 0.29) is 36.3 Å². The summed E-state index contributed by atoms with van der Waals surface area (Å²) in [6.45, 7) is 2.64. The number of rotatable bonds is 9. The van der Waals surface area contributed by atoms with E-state index in [9.17, 15) is 8.78 Å². The third-order valence-corrected chi connectivity index (χ3v) is 3.62. The van der Waals surface area contributed by atoms with Crippen LogP contribution in [0.25, 0.3) is 0 Å². The number of nitrogens with one attached hydrogen (secondary N) is 2. The van der Waals surface area contributed by atoms with Crippen molar-refractivity contribution in [3.8, 4) is 11.5 Å². The first-order valence-corrected chi connectivity index (χ1v) is 8.89. The van der Waals surface area contributed by atoms with Gasteiger partial charge in [0.25, 0.3) is 0 Å². The largest absolute Gasteiger partial charge is 0.490 e. The lowest BCUT2D eigenvalue weighted by molar-refractivity contribution is -0.0520. The summed E-state index contributed by atoms with van der Waals surface area (Å²) in [7, 11) is 0. The van der Waals surface area contributed by atoms with Gasteiger partial charge in [0.2, 0.25) is 0 Å². The van der Waals surface area contributed by atoms with Crippen LogP contribution in [-0.2, 0) is 13.1 Å². The van der Waals surface area contributed by atoms with E-state index in [2.05, 4.69) is 15.6 Å². The summed E-state index contributed by atoms with van der Waals surface area (Å²) in [6, 6.07) is 14.9. The summed E-state index contributed by atoms with van der Waals surface area (Å²) < 4.78 is 35.7. The summed E-state index contributed by atoms with van der Waals surface area (Å²) in [6.07, 6.45) is 0. The zero-order valence-corrected chi connectivity index (χ0v) is 18.3. The molecule has 0 saturated carbocycles. The van der Waals surface area contributed by atoms with Crippen molar-refractivity contribution in [2.75, 3.05) is 13.2 Å². The monoisotopic (exact) mass is 505 g/mol. The number of halogens is 3. The molecule has 0 heterocycles. The van der Waals surface area contributed by atoms with Crippen LogP contribution in [0.3, 0.4) is 0 Å². The number of ether oxygens (including phenoxy) is 2. The van der Waals surface area contributed by atoms with Gasteiger partial charge in [0, 0.05) is 18.7 Å². The topological polar surface area (TPSA) is 54.9 Å². The molecule has 0 fully saturated rings. The molecule has 0 radical (unpaired) electrons. The second-order valence-corrected chi connectivity index (χ2v) is 5.59. The Morgan fingerprint density at radius 1 is 1.04 bits per heavy atom. The normalized spacial score (nSPS) is 11.0. The van der Waals surface area contributed by atoms with Gasteiger partial charge in [-0.2, -0.15) is 8.78 Å². The van der Waals surface area contributed by atoms with E-state index in [1.165, 1.54) is 0 Å². The number of hydrogen-bond acceptors (Lipinski definition) is 3. The third-order valence-electron chi connectivity index (χ3n) is 3.62. The van der Waals surface area contributed by atoms with Crippen molar-refractivity contribution in [1.82, 2.24) is 10.6 Å². The Morgan fingerprint density at radius 3 is 2.43 bits per heavy atom. The predicted octanol–water partition coefficient (Wildman–Crippen LogP) is 4.56. The Bertz CT molecular complexity index is 731. The average molecular weight is 505 g/mol. The lowest BCUT2D eigenvalue weighted by Crippen LogP contribution is -2.36. The van der Waals surface area contributed by atoms with Crippen molar-refractivity contribution in [1.29, 1.82) is 0 Å². The summed E-state index contributed by atoms with van der Waals surface area (Å²) in [5.41, 5.74) is 1.64. The van der Waals surface area contributed by atoms with Gasteiger partial charge in [0.05, 0.1) is 13.2 Å². The molecule has 0 aromatic heterocycles. The van der Waals surface area contributed by atoms with Gasteiger partial charge in [0.15, 0.2) is 17.5 Å². The number of alkyl halides is 2. The molecule has 0 bridgehead atoms. The van der Waals surface area contributed by atoms with Gasteiger partial charge in [-0.25, -0.2) is 4.99 Å². The van der Waals surface area contributed by atoms with Crippen molar-refractivity contribution in [2.24, 2.45) is 4.99 Å². The molecule has 2 aromatic rings. The zero-order valence-electron chi connectivity index (χ0n) is 16.0. The van der Waals surface area contributed by atoms with Gasteiger partial charge in [-0.05, 0) is 25.5 Å². The molecule has 2 aromatic carbocycles. The highest BCUT2D eigenvalue weighted by Crippen LogP contribution is 2.32. The second kappa shape index (κ2) is 13.1. The van der Waals surface area contributed by atoms with Crippen molar-refractivity contribution >= 4 is 29.9 Å². The van der Waals surface area contributed by atoms with Crippen LogP contribution in [0.5, 0.6) is 11.5 Å². The third kappa shape index (κ3) is 7.87. The molecule has 5 nitrogen and oxygen atoms in total. The number of hydrogen-bond donors (Lipinski definition) is 2. The Morgan fingerprint density at radius 2 is 1.79 bits per heavy atom. The van der Waals surface area contributed by atoms with Crippen LogP contribution < -0.4 is 20.1 Å². The van der Waals surface area contributed by atoms with Gasteiger partial charge in [-0.15, -0.1) is 24.0 Å². The minimum Gasteiger partial charge on any atom is -0.490 e. The number of guanidine groups is 1. The van der Waals surface area contributed by atoms with E-state index in [0.29, 0.717) is 37.0 Å². The van der Waals surface area contributed by atoms with Gasteiger partial charge < -0.3 is 20.1 Å². The quantitative estimate of drug-likeness (QED) is 0.298. The van der Waals surface area contributed by atoms with Crippen LogP contribution in [0.2, 0.25) is 0 Å². The van der Waals surface area contributed by atoms with Crippen molar-refractivity contribution in [3.63, 3.8) is 0 Å². The summed E-state index contributed by atoms with van der Waals surface area (Å²) in [5, 5.41) is 6.29. The molecule has 2 rings (SSSR count). The molecular weight excluding hydrogens is 479 g/mol. The molecule has 0 saturated heterocycles. The standard InChI is InChI=1S/C20H25F2N3O2.HI/c1-3-23-20(24-13-15-9-6-5-7-10-15)25-14-16-11-8-12-17(26-4-2)18(16)27-19(21)22;/h5-12,19H,3-4,13-14H2,1-2H3,(H2,23,24,25);1H. The van der Waals surface area contributed by atoms with Crippen molar-refractivity contribution < 1.29 is 18.3 Å². The van der Waals surface area contributed by atoms with Crippen molar-refractivity contribution in [2.45, 2.75) is 33.5 Å². The smallest absolute Gasteiger partial charge is 0.387 e. The maximum atomic E-state index is 12.8. The van der Waals surface area contributed by atoms with Crippen LogP contribution in [0.1, 0.15) is 25.0 Å². The Kier molecular flexibility index (Phi) is 11.2. The summed E-state index contributed by atoms with van der Waals surface area (Å²) >= 11 is 0. The van der Waals surface area contributed by atoms with Gasteiger partial charge in [-0.3, -0.25) is 0 Å². The summed E-state index contributed by atoms with van der Waals surface area (Å²) in [4.78, 5) is 4.52. The molecule has 0 aliphatic carbocycles. The minimum atomic E-state index is -2.93. The number of benzene rings is 2. The highest BCUT2D eigenvalue weighted by molar-refractivity contribution is 14.0. The Balaban J connectivity index is 0.00000392. The molecule has 154 valence electrons. The van der Waals surface area contributed by atoms with Gasteiger partial charge in [-0.1, -0.05) is 42.5 Å². The number of aliphatic imine (C=N–C) groups is 1. The Hall–Kier alpha value is -2.10. The molecule has 2 N–H and O–H groups in total. The molecule has 0 atom stereocenters. The fourth-order valence-electron chi connectivity index (χ4n) is 2.47. The van der Waals surface area contributed by atoms with E-state index < -0.39 is 6.61 Å². The molecule has 8 heteroatoms. The molecule has 0 unspecified atom stereocenters. The Labute approximate surface area is 181 Å². The van der Waals surface area contributed by atoms with E-state index in [1.54, 1.807) is 25.1 Å². The van der Waals surface area contributed by atoms with E-state index in [4.69, 9.17) is 9.47 Å². The maximum absolute atomic E-state index is 12.8. The average Bonchev–Trinajstić information content (AvgIpc) is 2.66. The fraction of sp³-hybridized carbons (Fsp3) is 0.350. The van der Waals surface area contributed by atoms with Crippen LogP contribution in [0.4, 0.5) is 8.78 Å². The van der Waals surface area contributed by atoms with Crippen LogP contribution >= 0.6 is 24.0 Å². The van der Waals surface area contributed by atoms with Crippen LogP contribution in [0.15, 0.2) is 53.5 Å². The van der Waals surface area contributed by atoms with E-state index in [1.807, 2.05) is 37.3 Å². The van der Waals surface area contributed by atoms with Crippen LogP contribution in [-0.4, -0.2) is 25.7 Å². The number of nitrogens with zero attached hydrogens (tertiary/aromatic N) is 1. The molecule has 0 spiro atoms. The van der Waals surface area contributed by atoms with Gasteiger partial charge >= 0.3 is 6.61 Å². The SMILES string of the molecule is CCNC(=NCc1ccccc1)NCc1cccc(OCC)c1OC(F)F.I. The highest BCUT2D eigenvalue weighted by Gasteiger charge is 2.16. The first-order chi connectivity index (χ1) is 13.1. The second-order valence-electron chi connectivity index (χ2n) is 5.59. The first kappa shape index (κ1) is 23.9. The zero-order chi connectivity index (χ0) is 19.5. The first-order valence-electron chi connectivity index (χ1n) is 8.89. The van der Waals surface area contributed by atoms with E-state index >= 15 is 0 Å². The van der Waals surface area contributed by atoms with Gasteiger partial charge in [0.1, 0.15) is 0 Å². The lowest BCUT2D eigenvalue weighted by atomic mass is 10.2. The lowest BCUT2D eigenvalue weighted by Gasteiger charge is -2.17. The van der Waals surface area contributed by atoms with Crippen molar-refractivity contribution in [3.05, 3.63) is 59.7 Å². The van der Waals surface area contributed by atoms with Crippen LogP contribution in [0, 0.1) is 0 Å². The fourth-order valence-corrected chi connectivity index (χ4v) is 2.47. The molecule has 28 heavy (non-hydrogen) atoms. The van der Waals surface area contributed by atoms with E-state index in [0.717, 1.165) is 5.56 Å². The minimum absolute atomic E-state index is 0. The predicted molar refractivity (Wildman–Crippen MR) is 118 cm³/mol. The maximum Gasteiger partial charge on any atom is 0.387 e. The number of para-hydroxylation sites is 1. The summed E-state index contributed by atoms with van der Waals surface area (Å²) in [5.74, 6) is 0.926. The molecular formula is C20H26F2IN3O2. The highest BCUT2D eigenvalue weighted by atomic mass is 127.